The van der Waals surface area contributed by atoms with Crippen LogP contribution in [0.25, 0.3) is 0 Å². The normalized spacial score (nSPS) is 19.1. The van der Waals surface area contributed by atoms with Crippen LogP contribution < -0.4 is 5.73 Å². The summed E-state index contributed by atoms with van der Waals surface area (Å²) in [4.78, 5) is 14.6. The van der Waals surface area contributed by atoms with E-state index in [1.54, 1.807) is 4.90 Å². The predicted molar refractivity (Wildman–Crippen MR) is 97.5 cm³/mol. The number of benzene rings is 2. The van der Waals surface area contributed by atoms with Crippen LogP contribution in [0.4, 0.5) is 0 Å². The molecule has 1 aliphatic rings. The van der Waals surface area contributed by atoms with Crippen molar-refractivity contribution in [1.29, 1.82) is 0 Å². The molecule has 1 aliphatic heterocycles. The van der Waals surface area contributed by atoms with Crippen molar-refractivity contribution in [3.63, 3.8) is 0 Å². The van der Waals surface area contributed by atoms with Crippen LogP contribution in [-0.4, -0.2) is 30.5 Å². The molecule has 0 radical (unpaired) electrons. The van der Waals surface area contributed by atoms with E-state index >= 15 is 0 Å². The maximum atomic E-state index is 12.8. The Morgan fingerprint density at radius 3 is 2.54 bits per heavy atom. The highest BCUT2D eigenvalue weighted by atomic mass is 79.9. The van der Waals surface area contributed by atoms with Gasteiger partial charge in [-0.1, -0.05) is 57.9 Å². The molecule has 2 atom stereocenters. The maximum Gasteiger partial charge on any atom is 0.244 e. The highest BCUT2D eigenvalue weighted by Gasteiger charge is 2.29. The van der Waals surface area contributed by atoms with Crippen LogP contribution in [-0.2, 0) is 9.53 Å². The van der Waals surface area contributed by atoms with Crippen LogP contribution in [0.3, 0.4) is 0 Å². The molecule has 0 spiro atoms. The van der Waals surface area contributed by atoms with Crippen LogP contribution >= 0.6 is 15.9 Å². The summed E-state index contributed by atoms with van der Waals surface area (Å²) in [7, 11) is 0. The fourth-order valence-corrected chi connectivity index (χ4v) is 3.11. The van der Waals surface area contributed by atoms with Crippen molar-refractivity contribution < 1.29 is 9.53 Å². The van der Waals surface area contributed by atoms with Gasteiger partial charge in [-0.25, -0.2) is 0 Å². The van der Waals surface area contributed by atoms with Gasteiger partial charge in [0.25, 0.3) is 0 Å². The molecule has 0 bridgehead atoms. The topological polar surface area (TPSA) is 55.6 Å². The lowest BCUT2D eigenvalue weighted by atomic mass is 10.0. The van der Waals surface area contributed by atoms with Gasteiger partial charge in [0.05, 0.1) is 13.2 Å². The minimum absolute atomic E-state index is 0.0516. The number of ether oxygens (including phenoxy) is 1. The molecule has 126 valence electrons. The lowest BCUT2D eigenvalue weighted by molar-refractivity contribution is -0.140. The molecule has 3 rings (SSSR count). The Morgan fingerprint density at radius 1 is 1.21 bits per heavy atom. The first-order chi connectivity index (χ1) is 11.5. The molecule has 1 saturated heterocycles. The zero-order valence-electron chi connectivity index (χ0n) is 13.6. The average molecular weight is 389 g/mol. The van der Waals surface area contributed by atoms with Gasteiger partial charge in [-0.3, -0.25) is 4.79 Å². The first-order valence-corrected chi connectivity index (χ1v) is 8.82. The molecule has 24 heavy (non-hydrogen) atoms. The van der Waals surface area contributed by atoms with Crippen molar-refractivity contribution in [3.05, 3.63) is 69.7 Å². The van der Waals surface area contributed by atoms with Crippen molar-refractivity contribution in [2.24, 2.45) is 5.73 Å². The summed E-state index contributed by atoms with van der Waals surface area (Å²) in [5.74, 6) is -0.0516. The third kappa shape index (κ3) is 3.86. The van der Waals surface area contributed by atoms with Gasteiger partial charge in [0.1, 0.15) is 12.1 Å². The molecule has 2 aromatic carbocycles. The lowest BCUT2D eigenvalue weighted by Gasteiger charge is -2.34. The number of nitrogens with zero attached hydrogens (tertiary/aromatic N) is 1. The van der Waals surface area contributed by atoms with Gasteiger partial charge >= 0.3 is 0 Å². The molecule has 1 heterocycles. The molecule has 0 aliphatic carbocycles. The number of carbonyl (C=O) groups excluding carboxylic acids is 1. The number of carbonyl (C=O) groups is 1. The van der Waals surface area contributed by atoms with Crippen LogP contribution in [0.15, 0.2) is 53.0 Å². The number of nitrogens with two attached hydrogens (primary N) is 1. The molecule has 0 aromatic heterocycles. The Bertz CT molecular complexity index is 700. The second-order valence-corrected chi connectivity index (χ2v) is 7.00. The maximum absolute atomic E-state index is 12.8. The zero-order valence-corrected chi connectivity index (χ0v) is 15.2. The second-order valence-electron chi connectivity index (χ2n) is 6.08. The second kappa shape index (κ2) is 7.47. The molecular weight excluding hydrogens is 368 g/mol. The predicted octanol–water partition coefficient (Wildman–Crippen LogP) is 3.36. The van der Waals surface area contributed by atoms with Crippen LogP contribution in [0.5, 0.6) is 0 Å². The summed E-state index contributed by atoms with van der Waals surface area (Å²) >= 11 is 3.43. The van der Waals surface area contributed by atoms with E-state index < -0.39 is 6.04 Å². The van der Waals surface area contributed by atoms with E-state index in [4.69, 9.17) is 10.5 Å². The number of morpholine rings is 1. The highest BCUT2D eigenvalue weighted by Crippen LogP contribution is 2.25. The fraction of sp³-hybridized carbons (Fsp3) is 0.316. The summed E-state index contributed by atoms with van der Waals surface area (Å²) < 4.78 is 6.86. The minimum atomic E-state index is -0.630. The third-order valence-corrected chi connectivity index (χ3v) is 4.85. The molecule has 1 fully saturated rings. The molecule has 1 amide bonds. The largest absolute Gasteiger partial charge is 0.370 e. The summed E-state index contributed by atoms with van der Waals surface area (Å²) in [6, 6.07) is 15.2. The number of rotatable bonds is 3. The van der Waals surface area contributed by atoms with E-state index in [9.17, 15) is 4.79 Å². The first kappa shape index (κ1) is 17.1. The van der Waals surface area contributed by atoms with Crippen molar-refractivity contribution in [2.45, 2.75) is 19.1 Å². The van der Waals surface area contributed by atoms with Crippen LogP contribution in [0.1, 0.15) is 28.8 Å². The quantitative estimate of drug-likeness (QED) is 0.876. The number of amides is 1. The first-order valence-electron chi connectivity index (χ1n) is 8.02. The molecule has 2 unspecified atom stereocenters. The van der Waals surface area contributed by atoms with Gasteiger partial charge < -0.3 is 15.4 Å². The number of hydrogen-bond donors (Lipinski definition) is 1. The molecular formula is C19H21BrN2O2. The summed E-state index contributed by atoms with van der Waals surface area (Å²) in [5, 5.41) is 0. The van der Waals surface area contributed by atoms with Crippen molar-refractivity contribution in [1.82, 2.24) is 4.90 Å². The van der Waals surface area contributed by atoms with Gasteiger partial charge in [0.2, 0.25) is 5.91 Å². The Hall–Kier alpha value is -1.69. The van der Waals surface area contributed by atoms with Gasteiger partial charge in [-0.05, 0) is 30.2 Å². The average Bonchev–Trinajstić information content (AvgIpc) is 2.62. The lowest BCUT2D eigenvalue weighted by Crippen LogP contribution is -2.46. The van der Waals surface area contributed by atoms with E-state index in [-0.39, 0.29) is 12.0 Å². The van der Waals surface area contributed by atoms with E-state index in [2.05, 4.69) is 15.9 Å². The molecule has 5 heteroatoms. The van der Waals surface area contributed by atoms with Gasteiger partial charge in [0, 0.05) is 11.0 Å². The summed E-state index contributed by atoms with van der Waals surface area (Å²) in [6.07, 6.45) is -0.110. The van der Waals surface area contributed by atoms with Gasteiger partial charge in [-0.15, -0.1) is 0 Å². The Morgan fingerprint density at radius 2 is 1.88 bits per heavy atom. The molecule has 2 N–H and O–H groups in total. The third-order valence-electron chi connectivity index (χ3n) is 4.32. The number of halogens is 1. The molecule has 0 saturated carbocycles. The molecule has 2 aromatic rings. The number of aryl methyl sites for hydroxylation is 1. The Balaban J connectivity index is 1.70. The van der Waals surface area contributed by atoms with Gasteiger partial charge in [-0.2, -0.15) is 0 Å². The van der Waals surface area contributed by atoms with Crippen molar-refractivity contribution >= 4 is 21.8 Å². The van der Waals surface area contributed by atoms with E-state index in [1.165, 1.54) is 0 Å². The standard InChI is InChI=1S/C19H21BrN2O2/c1-13-2-4-15(5-3-13)18(21)19(23)22-10-11-24-17(12-22)14-6-8-16(20)9-7-14/h2-9,17-18H,10-12,21H2,1H3. The zero-order chi connectivity index (χ0) is 17.1. The van der Waals surface area contributed by atoms with E-state index in [1.807, 2.05) is 55.5 Å². The Labute approximate surface area is 150 Å². The van der Waals surface area contributed by atoms with Crippen LogP contribution in [0, 0.1) is 6.92 Å². The molecule has 4 nitrogen and oxygen atoms in total. The number of hydrogen-bond acceptors (Lipinski definition) is 3. The summed E-state index contributed by atoms with van der Waals surface area (Å²) in [5.41, 5.74) is 9.25. The monoisotopic (exact) mass is 388 g/mol. The van der Waals surface area contributed by atoms with E-state index in [0.717, 1.165) is 21.2 Å². The minimum Gasteiger partial charge on any atom is -0.370 e. The van der Waals surface area contributed by atoms with Crippen LogP contribution in [0.2, 0.25) is 0 Å². The fourth-order valence-electron chi connectivity index (χ4n) is 2.84. The summed E-state index contributed by atoms with van der Waals surface area (Å²) in [6.45, 7) is 3.64. The van der Waals surface area contributed by atoms with Crippen molar-refractivity contribution in [2.75, 3.05) is 19.7 Å². The smallest absolute Gasteiger partial charge is 0.244 e. The highest BCUT2D eigenvalue weighted by molar-refractivity contribution is 9.10. The van der Waals surface area contributed by atoms with E-state index in [0.29, 0.717) is 19.7 Å². The SMILES string of the molecule is Cc1ccc(C(N)C(=O)N2CCOC(c3ccc(Br)cc3)C2)cc1. The van der Waals surface area contributed by atoms with Crippen molar-refractivity contribution in [3.8, 4) is 0 Å². The Kier molecular flexibility index (Phi) is 5.33. The van der Waals surface area contributed by atoms with Gasteiger partial charge in [0.15, 0.2) is 0 Å².